The fourth-order valence-corrected chi connectivity index (χ4v) is 4.80. The van der Waals surface area contributed by atoms with E-state index in [0.29, 0.717) is 11.9 Å². The van der Waals surface area contributed by atoms with Crippen molar-refractivity contribution >= 4 is 11.7 Å². The minimum absolute atomic E-state index is 0.122. The summed E-state index contributed by atoms with van der Waals surface area (Å²) in [4.78, 5) is 23.5. The van der Waals surface area contributed by atoms with Crippen LogP contribution < -0.4 is 4.90 Å². The zero-order chi connectivity index (χ0) is 22.9. The number of likely N-dealkylation sites (tertiary alicyclic amines) is 1. The third kappa shape index (κ3) is 4.75. The van der Waals surface area contributed by atoms with E-state index in [2.05, 4.69) is 9.88 Å². The molecule has 0 radical (unpaired) electrons. The molecular formula is C24H29F3N4O. The van der Waals surface area contributed by atoms with Crippen molar-refractivity contribution in [3.63, 3.8) is 0 Å². The smallest absolute Gasteiger partial charge is 0.354 e. The average Bonchev–Trinajstić information content (AvgIpc) is 2.79. The summed E-state index contributed by atoms with van der Waals surface area (Å²) in [7, 11) is 0. The summed E-state index contributed by atoms with van der Waals surface area (Å²) < 4.78 is 38.2. The quantitative estimate of drug-likeness (QED) is 0.711. The summed E-state index contributed by atoms with van der Waals surface area (Å²) in [6.45, 7) is 8.63. The predicted molar refractivity (Wildman–Crippen MR) is 118 cm³/mol. The molecular weight excluding hydrogens is 417 g/mol. The standard InChI is InChI=1S/C24H29F3N4O/c1-17-4-3-5-18(2)22(17)23(32)31-10-8-20(9-11-31)29-12-14-30(15-13-29)21-7-6-19(16-28-21)24(25,26)27/h3-7,16,20H,8-15H2,1-2H3. The maximum atomic E-state index is 13.0. The van der Waals surface area contributed by atoms with Gasteiger partial charge in [-0.25, -0.2) is 4.98 Å². The van der Waals surface area contributed by atoms with Crippen LogP contribution in [-0.4, -0.2) is 66.0 Å². The molecule has 4 rings (SSSR count). The second-order valence-corrected chi connectivity index (χ2v) is 8.72. The third-order valence-corrected chi connectivity index (χ3v) is 6.68. The summed E-state index contributed by atoms with van der Waals surface area (Å²) in [6, 6.07) is 8.93. The molecule has 32 heavy (non-hydrogen) atoms. The number of amides is 1. The molecule has 1 amide bonds. The number of rotatable bonds is 3. The van der Waals surface area contributed by atoms with Crippen LogP contribution in [0.5, 0.6) is 0 Å². The van der Waals surface area contributed by atoms with Gasteiger partial charge < -0.3 is 9.80 Å². The van der Waals surface area contributed by atoms with Crippen LogP contribution in [0.3, 0.4) is 0 Å². The van der Waals surface area contributed by atoms with E-state index in [4.69, 9.17) is 0 Å². The zero-order valence-electron chi connectivity index (χ0n) is 18.5. The molecule has 3 heterocycles. The highest BCUT2D eigenvalue weighted by Crippen LogP contribution is 2.30. The van der Waals surface area contributed by atoms with E-state index in [1.807, 2.05) is 41.8 Å². The molecule has 8 heteroatoms. The molecule has 0 aliphatic carbocycles. The van der Waals surface area contributed by atoms with Gasteiger partial charge in [-0.3, -0.25) is 9.69 Å². The monoisotopic (exact) mass is 446 g/mol. The molecule has 1 aromatic carbocycles. The van der Waals surface area contributed by atoms with Crippen LogP contribution in [0.4, 0.5) is 19.0 Å². The van der Waals surface area contributed by atoms with Gasteiger partial charge in [0.25, 0.3) is 5.91 Å². The number of nitrogens with zero attached hydrogens (tertiary/aromatic N) is 4. The van der Waals surface area contributed by atoms with Gasteiger partial charge in [0.2, 0.25) is 0 Å². The normalized spacial score (nSPS) is 18.8. The van der Waals surface area contributed by atoms with E-state index in [-0.39, 0.29) is 5.91 Å². The van der Waals surface area contributed by atoms with Crippen molar-refractivity contribution in [3.05, 3.63) is 58.8 Å². The van der Waals surface area contributed by atoms with Gasteiger partial charge in [0.15, 0.2) is 0 Å². The number of anilines is 1. The lowest BCUT2D eigenvalue weighted by molar-refractivity contribution is -0.137. The lowest BCUT2D eigenvalue weighted by Crippen LogP contribution is -2.54. The zero-order valence-corrected chi connectivity index (χ0v) is 18.5. The summed E-state index contributed by atoms with van der Waals surface area (Å²) in [5, 5.41) is 0. The van der Waals surface area contributed by atoms with Crippen molar-refractivity contribution in [3.8, 4) is 0 Å². The van der Waals surface area contributed by atoms with Gasteiger partial charge in [0.05, 0.1) is 5.56 Å². The third-order valence-electron chi connectivity index (χ3n) is 6.68. The van der Waals surface area contributed by atoms with Gasteiger partial charge in [-0.05, 0) is 49.9 Å². The van der Waals surface area contributed by atoms with E-state index in [0.717, 1.165) is 81.1 Å². The maximum Gasteiger partial charge on any atom is 0.417 e. The molecule has 1 aromatic heterocycles. The molecule has 5 nitrogen and oxygen atoms in total. The Morgan fingerprint density at radius 3 is 2.09 bits per heavy atom. The topological polar surface area (TPSA) is 39.7 Å². The number of piperidine rings is 1. The number of carbonyl (C=O) groups excluding carboxylic acids is 1. The van der Waals surface area contributed by atoms with Gasteiger partial charge in [-0.1, -0.05) is 18.2 Å². The summed E-state index contributed by atoms with van der Waals surface area (Å²) in [5.41, 5.74) is 2.14. The first-order chi connectivity index (χ1) is 15.2. The number of piperazine rings is 1. The Morgan fingerprint density at radius 1 is 0.938 bits per heavy atom. The van der Waals surface area contributed by atoms with E-state index >= 15 is 0 Å². The van der Waals surface area contributed by atoms with Gasteiger partial charge in [0.1, 0.15) is 5.82 Å². The molecule has 0 N–H and O–H groups in total. The summed E-state index contributed by atoms with van der Waals surface area (Å²) in [5.74, 6) is 0.712. The van der Waals surface area contributed by atoms with Crippen molar-refractivity contribution in [1.29, 1.82) is 0 Å². The Labute approximate surface area is 186 Å². The fraction of sp³-hybridized carbons (Fsp3) is 0.500. The molecule has 2 aromatic rings. The van der Waals surface area contributed by atoms with Crippen LogP contribution in [0.25, 0.3) is 0 Å². The predicted octanol–water partition coefficient (Wildman–Crippen LogP) is 4.14. The van der Waals surface area contributed by atoms with Gasteiger partial charge in [0, 0.05) is 57.1 Å². The Bertz CT molecular complexity index is 924. The van der Waals surface area contributed by atoms with Gasteiger partial charge >= 0.3 is 6.18 Å². The number of hydrogen-bond acceptors (Lipinski definition) is 4. The molecule has 2 fully saturated rings. The Balaban J connectivity index is 1.29. The van der Waals surface area contributed by atoms with Crippen LogP contribution in [0.1, 0.15) is 39.9 Å². The first kappa shape index (κ1) is 22.6. The first-order valence-electron chi connectivity index (χ1n) is 11.1. The molecule has 2 aliphatic rings. The number of aromatic nitrogens is 1. The second kappa shape index (κ2) is 9.10. The molecule has 0 spiro atoms. The molecule has 0 bridgehead atoms. The van der Waals surface area contributed by atoms with Crippen LogP contribution in [0.15, 0.2) is 36.5 Å². The Kier molecular flexibility index (Phi) is 6.42. The molecule has 2 aliphatic heterocycles. The minimum atomic E-state index is -4.36. The number of alkyl halides is 3. The fourth-order valence-electron chi connectivity index (χ4n) is 4.80. The highest BCUT2D eigenvalue weighted by molar-refractivity contribution is 5.97. The maximum absolute atomic E-state index is 13.0. The minimum Gasteiger partial charge on any atom is -0.354 e. The second-order valence-electron chi connectivity index (χ2n) is 8.72. The van der Waals surface area contributed by atoms with Gasteiger partial charge in [-0.15, -0.1) is 0 Å². The van der Waals surface area contributed by atoms with Gasteiger partial charge in [-0.2, -0.15) is 13.2 Å². The highest BCUT2D eigenvalue weighted by Gasteiger charge is 2.32. The van der Waals surface area contributed by atoms with Crippen molar-refractivity contribution in [2.45, 2.75) is 38.9 Å². The molecule has 0 saturated carbocycles. The van der Waals surface area contributed by atoms with Crippen molar-refractivity contribution in [2.24, 2.45) is 0 Å². The lowest BCUT2D eigenvalue weighted by atomic mass is 9.98. The number of pyridine rings is 1. The lowest BCUT2D eigenvalue weighted by Gasteiger charge is -2.43. The molecule has 0 atom stereocenters. The van der Waals surface area contributed by atoms with Crippen molar-refractivity contribution < 1.29 is 18.0 Å². The number of halogens is 3. The summed E-state index contributed by atoms with van der Waals surface area (Å²) >= 11 is 0. The molecule has 0 unspecified atom stereocenters. The van der Waals surface area contributed by atoms with E-state index in [9.17, 15) is 18.0 Å². The Morgan fingerprint density at radius 2 is 1.56 bits per heavy atom. The van der Waals surface area contributed by atoms with Crippen molar-refractivity contribution in [2.75, 3.05) is 44.2 Å². The van der Waals surface area contributed by atoms with E-state index < -0.39 is 11.7 Å². The Hall–Kier alpha value is -2.61. The average molecular weight is 447 g/mol. The van der Waals surface area contributed by atoms with Crippen LogP contribution in [0, 0.1) is 13.8 Å². The molecule has 172 valence electrons. The van der Waals surface area contributed by atoms with Crippen LogP contribution >= 0.6 is 0 Å². The van der Waals surface area contributed by atoms with E-state index in [1.54, 1.807) is 0 Å². The largest absolute Gasteiger partial charge is 0.417 e. The number of aryl methyl sites for hydroxylation is 2. The van der Waals surface area contributed by atoms with E-state index in [1.165, 1.54) is 6.07 Å². The van der Waals surface area contributed by atoms with Crippen molar-refractivity contribution in [1.82, 2.24) is 14.8 Å². The number of hydrogen-bond donors (Lipinski definition) is 0. The van der Waals surface area contributed by atoms with Crippen LogP contribution in [-0.2, 0) is 6.18 Å². The van der Waals surface area contributed by atoms with Crippen LogP contribution in [0.2, 0.25) is 0 Å². The number of carbonyl (C=O) groups is 1. The first-order valence-corrected chi connectivity index (χ1v) is 11.1. The number of benzene rings is 1. The molecule has 2 saturated heterocycles. The summed E-state index contributed by atoms with van der Waals surface area (Å²) in [6.07, 6.45) is -1.58. The SMILES string of the molecule is Cc1cccc(C)c1C(=O)N1CCC(N2CCN(c3ccc(C(F)(F)F)cn3)CC2)CC1. The highest BCUT2D eigenvalue weighted by atomic mass is 19.4.